The van der Waals surface area contributed by atoms with Crippen molar-refractivity contribution in [2.75, 3.05) is 36.4 Å². The molecule has 1 saturated carbocycles. The van der Waals surface area contributed by atoms with Gasteiger partial charge in [0, 0.05) is 42.7 Å². The molecule has 2 aliphatic carbocycles. The topological polar surface area (TPSA) is 215 Å². The quantitative estimate of drug-likeness (QED) is 0.0677. The number of phenolic OH excluding ortho intramolecular Hbond substituents is 1. The van der Waals surface area contributed by atoms with Crippen molar-refractivity contribution in [2.24, 2.45) is 23.7 Å². The maximum Gasteiger partial charge on any atom is 0.573 e. The van der Waals surface area contributed by atoms with Crippen LogP contribution in [-0.4, -0.2) is 71.2 Å². The molecule has 4 aromatic carbocycles. The Hall–Kier alpha value is -6.93. The number of carbonyl (C=O) groups excluding carboxylic acids is 4. The van der Waals surface area contributed by atoms with Gasteiger partial charge in [0.2, 0.25) is 11.8 Å². The van der Waals surface area contributed by atoms with Gasteiger partial charge in [0.05, 0.1) is 56.5 Å². The number of ether oxygens (including phenoxy) is 2. The third kappa shape index (κ3) is 6.87. The van der Waals surface area contributed by atoms with Crippen molar-refractivity contribution in [3.05, 3.63) is 126 Å². The van der Waals surface area contributed by atoms with Crippen molar-refractivity contribution in [2.45, 2.75) is 30.5 Å². The number of anilines is 3. The lowest BCUT2D eigenvalue weighted by molar-refractivity contribution is -0.392. The Morgan fingerprint density at radius 2 is 1.52 bits per heavy atom. The van der Waals surface area contributed by atoms with Crippen LogP contribution in [0.4, 0.5) is 41.6 Å². The third-order valence-corrected chi connectivity index (χ3v) is 12.8. The van der Waals surface area contributed by atoms with E-state index in [2.05, 4.69) is 10.2 Å². The van der Waals surface area contributed by atoms with E-state index in [1.807, 2.05) is 0 Å². The van der Waals surface area contributed by atoms with Gasteiger partial charge in [-0.1, -0.05) is 47.0 Å². The van der Waals surface area contributed by atoms with Gasteiger partial charge in [0.1, 0.15) is 17.2 Å². The number of carbonyl (C=O) groups is 4. The predicted molar refractivity (Wildman–Crippen MR) is 222 cm³/mol. The number of aromatic hydroxyl groups is 1. The largest absolute Gasteiger partial charge is 0.573 e. The highest BCUT2D eigenvalue weighted by Crippen LogP contribution is 2.65. The summed E-state index contributed by atoms with van der Waals surface area (Å²) < 4.78 is 50.9. The zero-order chi connectivity index (χ0) is 46.3. The molecule has 2 heterocycles. The van der Waals surface area contributed by atoms with E-state index < -0.39 is 109 Å². The minimum atomic E-state index is -5.20. The molecule has 2 N–H and O–H groups in total. The maximum absolute atomic E-state index is 15.5. The number of fused-ring (bicyclic) bond motifs is 4. The van der Waals surface area contributed by atoms with Gasteiger partial charge >= 0.3 is 17.7 Å². The average Bonchev–Trinajstić information content (AvgIpc) is 3.61. The molecule has 0 radical (unpaired) electrons. The second kappa shape index (κ2) is 15.7. The van der Waals surface area contributed by atoms with Crippen molar-refractivity contribution in [3.63, 3.8) is 0 Å². The average molecular weight is 926 g/mol. The number of nitro benzene ring substituents is 2. The monoisotopic (exact) mass is 924 g/mol. The number of halogens is 5. The van der Waals surface area contributed by atoms with E-state index in [0.717, 1.165) is 35.2 Å². The molecule has 4 aromatic rings. The number of phenols is 1. The number of imide groups is 2. The normalized spacial score (nSPS) is 23.9. The summed E-state index contributed by atoms with van der Waals surface area (Å²) in [5.74, 6) is -11.5. The van der Waals surface area contributed by atoms with Crippen molar-refractivity contribution < 1.29 is 56.8 Å². The molecule has 0 aromatic heterocycles. The zero-order valence-electron chi connectivity index (χ0n) is 33.5. The highest BCUT2D eigenvalue weighted by atomic mass is 35.5. The van der Waals surface area contributed by atoms with E-state index >= 15 is 9.59 Å². The zero-order valence-corrected chi connectivity index (χ0v) is 35.0. The van der Waals surface area contributed by atoms with E-state index in [4.69, 9.17) is 27.9 Å². The molecule has 6 atom stereocenters. The second-order valence-electron chi connectivity index (χ2n) is 15.7. The number of benzene rings is 4. The summed E-state index contributed by atoms with van der Waals surface area (Å²) >= 11 is 12.6. The molecular formula is C42H33Cl2F3N6O11. The predicted octanol–water partition coefficient (Wildman–Crippen LogP) is 7.68. The van der Waals surface area contributed by atoms with Crippen LogP contribution >= 0.6 is 23.2 Å². The fourth-order valence-corrected chi connectivity index (χ4v) is 10.3. The fraction of sp³-hybridized carbons (Fsp3) is 0.286. The number of allylic oxidation sites excluding steroid dienone is 2. The molecule has 8 rings (SSSR count). The van der Waals surface area contributed by atoms with Crippen LogP contribution in [0.3, 0.4) is 0 Å². The van der Waals surface area contributed by atoms with Crippen molar-refractivity contribution in [3.8, 4) is 17.2 Å². The summed E-state index contributed by atoms with van der Waals surface area (Å²) in [4.78, 5) is 84.3. The fourth-order valence-electron chi connectivity index (χ4n) is 9.86. The Bertz CT molecular complexity index is 2700. The van der Waals surface area contributed by atoms with E-state index in [0.29, 0.717) is 15.7 Å². The Morgan fingerprint density at radius 3 is 2.09 bits per heavy atom. The van der Waals surface area contributed by atoms with Gasteiger partial charge in [-0.25, -0.2) is 4.90 Å². The Morgan fingerprint density at radius 1 is 0.875 bits per heavy atom. The number of hydrazine groups is 1. The molecule has 4 aliphatic rings. The van der Waals surface area contributed by atoms with Gasteiger partial charge < -0.3 is 19.5 Å². The van der Waals surface area contributed by atoms with Crippen LogP contribution in [0.2, 0.25) is 10.0 Å². The number of amides is 4. The van der Waals surface area contributed by atoms with Crippen LogP contribution in [0.25, 0.3) is 0 Å². The van der Waals surface area contributed by atoms with Crippen LogP contribution in [0.1, 0.15) is 29.9 Å². The molecule has 6 unspecified atom stereocenters. The highest BCUT2D eigenvalue weighted by molar-refractivity contribution is 6.36. The number of methoxy groups -OCH3 is 1. The summed E-state index contributed by atoms with van der Waals surface area (Å²) in [7, 11) is 4.07. The summed E-state index contributed by atoms with van der Waals surface area (Å²) in [6.07, 6.45) is -4.24. The van der Waals surface area contributed by atoms with Gasteiger partial charge in [-0.2, -0.15) is 5.01 Å². The van der Waals surface area contributed by atoms with E-state index in [-0.39, 0.29) is 45.3 Å². The van der Waals surface area contributed by atoms with Crippen molar-refractivity contribution >= 4 is 75.3 Å². The molecule has 2 aliphatic heterocycles. The number of nitrogens with one attached hydrogen (secondary N) is 1. The van der Waals surface area contributed by atoms with Gasteiger partial charge in [-0.3, -0.25) is 44.8 Å². The Kier molecular flexibility index (Phi) is 10.7. The SMILES string of the molecule is COc1ccc(C23C(=O)N(Nc4ccc(Cl)cc4Cl)C(=O)C2CC2C(=CCC4C(=O)N(c5cc([N+](=O)[O-])c(N(C)C)c([N+](=O)[O-])c5)C(=O)C42)C3c2cc(OC(F)(F)F)ccc2O)cc1. The summed E-state index contributed by atoms with van der Waals surface area (Å²) in [5, 5.41) is 37.1. The minimum Gasteiger partial charge on any atom is -0.508 e. The molecule has 22 heteroatoms. The molecular weight excluding hydrogens is 892 g/mol. The molecule has 4 amide bonds. The molecule has 3 fully saturated rings. The summed E-state index contributed by atoms with van der Waals surface area (Å²) in [5.41, 5.74) is -1.63. The maximum atomic E-state index is 15.5. The van der Waals surface area contributed by atoms with Crippen LogP contribution < -0.4 is 24.7 Å². The first-order valence-electron chi connectivity index (χ1n) is 19.2. The molecule has 332 valence electrons. The highest BCUT2D eigenvalue weighted by Gasteiger charge is 2.71. The van der Waals surface area contributed by atoms with Gasteiger partial charge in [0.15, 0.2) is 5.69 Å². The lowest BCUT2D eigenvalue weighted by Crippen LogP contribution is -2.53. The summed E-state index contributed by atoms with van der Waals surface area (Å²) in [6, 6.07) is 14.6. The number of nitro groups is 2. The third-order valence-electron chi connectivity index (χ3n) is 12.3. The molecule has 0 spiro atoms. The molecule has 0 bridgehead atoms. The van der Waals surface area contributed by atoms with Gasteiger partial charge in [-0.15, -0.1) is 13.2 Å². The lowest BCUT2D eigenvalue weighted by atomic mass is 9.49. The summed E-state index contributed by atoms with van der Waals surface area (Å²) in [6.45, 7) is 0. The first-order valence-corrected chi connectivity index (χ1v) is 20.0. The standard InChI is InChI=1S/C42H33Cl2F3N6O11/c1-49(2)36-31(52(59)60)15-21(16-32(36)53(61)62)50-37(55)25-11-10-24-26(34(25)39(50)57)18-28-38(56)51(48-30-12-6-20(43)14-29(30)44)40(58)41(28,19-4-7-22(63-3)8-5-19)35(24)27-17-23(9-13-33(27)54)64-42(45,46)47/h4-10,12-17,25-26,28,34-35,48,54H,11,18H2,1-3H3. The number of alkyl halides is 3. The first kappa shape index (κ1) is 43.7. The van der Waals surface area contributed by atoms with Crippen LogP contribution in [-0.2, 0) is 24.6 Å². The van der Waals surface area contributed by atoms with Crippen molar-refractivity contribution in [1.29, 1.82) is 0 Å². The smallest absolute Gasteiger partial charge is 0.508 e. The van der Waals surface area contributed by atoms with E-state index in [1.165, 1.54) is 69.7 Å². The second-order valence-corrected chi connectivity index (χ2v) is 16.6. The number of nitrogens with zero attached hydrogens (tertiary/aromatic N) is 5. The first-order chi connectivity index (χ1) is 30.2. The van der Waals surface area contributed by atoms with E-state index in [1.54, 1.807) is 0 Å². The van der Waals surface area contributed by atoms with Crippen LogP contribution in [0.5, 0.6) is 17.2 Å². The van der Waals surface area contributed by atoms with E-state index in [9.17, 15) is 48.1 Å². The molecule has 17 nitrogen and oxygen atoms in total. The van der Waals surface area contributed by atoms with Crippen molar-refractivity contribution in [1.82, 2.24) is 5.01 Å². The lowest BCUT2D eigenvalue weighted by Gasteiger charge is -2.50. The van der Waals surface area contributed by atoms with Gasteiger partial charge in [0.25, 0.3) is 11.8 Å². The number of hydrogen-bond acceptors (Lipinski definition) is 13. The molecule has 2 saturated heterocycles. The number of hydrogen-bond donors (Lipinski definition) is 2. The van der Waals surface area contributed by atoms with Gasteiger partial charge in [-0.05, 0) is 72.9 Å². The number of rotatable bonds is 10. The minimum absolute atomic E-state index is 0.00104. The Labute approximate surface area is 369 Å². The van der Waals surface area contributed by atoms with Crippen LogP contribution in [0, 0.1) is 43.9 Å². The van der Waals surface area contributed by atoms with Crippen LogP contribution in [0.15, 0.2) is 84.4 Å². The Balaban J connectivity index is 1.35. The molecule has 64 heavy (non-hydrogen) atoms.